The SMILES string of the molecule is C[C@H](O)[C@H]1CC[C@H]2C3=CC=C4C[C@@H](O)CC[C@@]4(C)[C@@H]3[C@@H](O)C[C@]12C. The molecule has 4 aliphatic carbocycles. The van der Waals surface area contributed by atoms with Crippen molar-refractivity contribution in [3.05, 3.63) is 23.3 Å². The van der Waals surface area contributed by atoms with Gasteiger partial charge in [0.05, 0.1) is 18.3 Å². The topological polar surface area (TPSA) is 60.7 Å². The van der Waals surface area contributed by atoms with Crippen LogP contribution < -0.4 is 0 Å². The summed E-state index contributed by atoms with van der Waals surface area (Å²) in [5.74, 6) is 0.952. The fourth-order valence-corrected chi connectivity index (χ4v) is 6.94. The van der Waals surface area contributed by atoms with E-state index in [4.69, 9.17) is 0 Å². The van der Waals surface area contributed by atoms with Crippen molar-refractivity contribution in [3.63, 3.8) is 0 Å². The quantitative estimate of drug-likeness (QED) is 0.691. The zero-order valence-corrected chi connectivity index (χ0v) is 15.2. The van der Waals surface area contributed by atoms with Crippen molar-refractivity contribution in [1.82, 2.24) is 0 Å². The second-order valence-electron chi connectivity index (χ2n) is 9.40. The van der Waals surface area contributed by atoms with Gasteiger partial charge in [0.2, 0.25) is 0 Å². The summed E-state index contributed by atoms with van der Waals surface area (Å²) in [7, 11) is 0. The maximum atomic E-state index is 11.2. The van der Waals surface area contributed by atoms with Gasteiger partial charge in [-0.1, -0.05) is 37.1 Å². The van der Waals surface area contributed by atoms with E-state index in [-0.39, 0.29) is 41.0 Å². The summed E-state index contributed by atoms with van der Waals surface area (Å²) in [5.41, 5.74) is 2.74. The van der Waals surface area contributed by atoms with E-state index in [1.807, 2.05) is 6.92 Å². The van der Waals surface area contributed by atoms with Crippen molar-refractivity contribution in [2.75, 3.05) is 0 Å². The maximum Gasteiger partial charge on any atom is 0.0619 e. The van der Waals surface area contributed by atoms with Crippen LogP contribution in [-0.4, -0.2) is 33.6 Å². The molecular formula is C21H32O3. The van der Waals surface area contributed by atoms with Gasteiger partial charge in [0, 0.05) is 5.92 Å². The van der Waals surface area contributed by atoms with Crippen LogP contribution in [0.1, 0.15) is 59.3 Å². The molecule has 3 N–H and O–H groups in total. The molecule has 3 saturated carbocycles. The number of aliphatic hydroxyl groups is 3. The maximum absolute atomic E-state index is 11.2. The first-order valence-corrected chi connectivity index (χ1v) is 9.72. The van der Waals surface area contributed by atoms with Crippen molar-refractivity contribution >= 4 is 0 Å². The number of hydrogen-bond acceptors (Lipinski definition) is 3. The first-order chi connectivity index (χ1) is 11.3. The van der Waals surface area contributed by atoms with E-state index in [1.165, 1.54) is 11.1 Å². The molecule has 3 heteroatoms. The largest absolute Gasteiger partial charge is 0.393 e. The van der Waals surface area contributed by atoms with E-state index >= 15 is 0 Å². The Kier molecular flexibility index (Phi) is 3.80. The van der Waals surface area contributed by atoms with Crippen LogP contribution >= 0.6 is 0 Å². The molecule has 0 bridgehead atoms. The summed E-state index contributed by atoms with van der Waals surface area (Å²) in [4.78, 5) is 0. The van der Waals surface area contributed by atoms with Crippen LogP contribution in [0.2, 0.25) is 0 Å². The molecule has 0 aromatic rings. The second-order valence-corrected chi connectivity index (χ2v) is 9.40. The van der Waals surface area contributed by atoms with Crippen molar-refractivity contribution < 1.29 is 15.3 Å². The van der Waals surface area contributed by atoms with E-state index in [1.54, 1.807) is 0 Å². The van der Waals surface area contributed by atoms with E-state index in [0.29, 0.717) is 5.92 Å². The summed E-state index contributed by atoms with van der Waals surface area (Å²) in [6.45, 7) is 6.50. The Hall–Kier alpha value is -0.640. The number of aliphatic hydroxyl groups excluding tert-OH is 3. The summed E-state index contributed by atoms with van der Waals surface area (Å²) in [6.07, 6.45) is 9.15. The second kappa shape index (κ2) is 5.43. The van der Waals surface area contributed by atoms with E-state index in [0.717, 1.165) is 38.5 Å². The fourth-order valence-electron chi connectivity index (χ4n) is 6.94. The minimum Gasteiger partial charge on any atom is -0.393 e. The zero-order chi connectivity index (χ0) is 17.3. The Morgan fingerprint density at radius 1 is 1.12 bits per heavy atom. The van der Waals surface area contributed by atoms with Gasteiger partial charge in [0.15, 0.2) is 0 Å². The molecule has 0 amide bonds. The van der Waals surface area contributed by atoms with Crippen LogP contribution in [0.5, 0.6) is 0 Å². The average molecular weight is 332 g/mol. The lowest BCUT2D eigenvalue weighted by molar-refractivity contribution is -0.0639. The summed E-state index contributed by atoms with van der Waals surface area (Å²) in [6, 6.07) is 0. The standard InChI is InChI=1S/C21H32O3/c1-12(22)16-6-7-17-15-5-4-13-10-14(23)8-9-20(13,2)19(15)18(24)11-21(16,17)3/h4-5,12,14,16-19,22-24H,6-11H2,1-3H3/t12-,14-,16+,17-,18-,19-,20+,21+/m0/s1. The molecule has 4 rings (SSSR count). The first kappa shape index (κ1) is 16.8. The van der Waals surface area contributed by atoms with Gasteiger partial charge in [0.25, 0.3) is 0 Å². The molecule has 0 aromatic heterocycles. The smallest absolute Gasteiger partial charge is 0.0619 e. The van der Waals surface area contributed by atoms with Crippen LogP contribution in [0.15, 0.2) is 23.3 Å². The lowest BCUT2D eigenvalue weighted by Gasteiger charge is -2.56. The molecule has 0 aromatic carbocycles. The number of hydrogen-bond donors (Lipinski definition) is 3. The highest BCUT2D eigenvalue weighted by Gasteiger charge is 2.59. The van der Waals surface area contributed by atoms with Gasteiger partial charge in [-0.3, -0.25) is 0 Å². The third kappa shape index (κ3) is 2.14. The van der Waals surface area contributed by atoms with Gasteiger partial charge < -0.3 is 15.3 Å². The summed E-state index contributed by atoms with van der Waals surface area (Å²) in [5, 5.41) is 31.5. The zero-order valence-electron chi connectivity index (χ0n) is 15.2. The summed E-state index contributed by atoms with van der Waals surface area (Å²) < 4.78 is 0. The highest BCUT2D eigenvalue weighted by molar-refractivity contribution is 5.40. The lowest BCUT2D eigenvalue weighted by Crippen LogP contribution is -2.53. The normalized spacial score (nSPS) is 51.8. The molecule has 0 unspecified atom stereocenters. The van der Waals surface area contributed by atoms with Crippen LogP contribution in [0, 0.1) is 28.6 Å². The minimum absolute atomic E-state index is 0.00575. The Labute approximate surface area is 145 Å². The van der Waals surface area contributed by atoms with Crippen LogP contribution in [0.25, 0.3) is 0 Å². The van der Waals surface area contributed by atoms with Crippen molar-refractivity contribution in [3.8, 4) is 0 Å². The van der Waals surface area contributed by atoms with Crippen molar-refractivity contribution in [2.45, 2.75) is 77.6 Å². The lowest BCUT2D eigenvalue weighted by atomic mass is 9.49. The Morgan fingerprint density at radius 2 is 1.88 bits per heavy atom. The fraction of sp³-hybridized carbons (Fsp3) is 0.810. The molecule has 3 fully saturated rings. The van der Waals surface area contributed by atoms with Crippen LogP contribution in [0.4, 0.5) is 0 Å². The Morgan fingerprint density at radius 3 is 2.58 bits per heavy atom. The predicted molar refractivity (Wildman–Crippen MR) is 94.2 cm³/mol. The minimum atomic E-state index is -0.346. The highest BCUT2D eigenvalue weighted by Crippen LogP contribution is 2.65. The Bertz CT molecular complexity index is 592. The molecule has 0 radical (unpaired) electrons. The third-order valence-corrected chi connectivity index (χ3v) is 8.14. The van der Waals surface area contributed by atoms with Gasteiger partial charge in [-0.2, -0.15) is 0 Å². The van der Waals surface area contributed by atoms with E-state index in [2.05, 4.69) is 26.0 Å². The first-order valence-electron chi connectivity index (χ1n) is 9.72. The van der Waals surface area contributed by atoms with Gasteiger partial charge in [-0.25, -0.2) is 0 Å². The summed E-state index contributed by atoms with van der Waals surface area (Å²) >= 11 is 0. The molecule has 134 valence electrons. The molecular weight excluding hydrogens is 300 g/mol. The van der Waals surface area contributed by atoms with E-state index in [9.17, 15) is 15.3 Å². The molecule has 8 atom stereocenters. The molecule has 24 heavy (non-hydrogen) atoms. The molecule has 0 aliphatic heterocycles. The van der Waals surface area contributed by atoms with Gasteiger partial charge in [-0.15, -0.1) is 0 Å². The van der Waals surface area contributed by atoms with Crippen LogP contribution in [-0.2, 0) is 0 Å². The van der Waals surface area contributed by atoms with E-state index < -0.39 is 0 Å². The average Bonchev–Trinajstić information content (AvgIpc) is 2.84. The highest BCUT2D eigenvalue weighted by atomic mass is 16.3. The van der Waals surface area contributed by atoms with Gasteiger partial charge in [-0.05, 0) is 68.1 Å². The molecule has 0 heterocycles. The molecule has 4 aliphatic rings. The molecule has 3 nitrogen and oxygen atoms in total. The third-order valence-electron chi connectivity index (χ3n) is 8.14. The van der Waals surface area contributed by atoms with Crippen molar-refractivity contribution in [2.24, 2.45) is 28.6 Å². The van der Waals surface area contributed by atoms with Gasteiger partial charge >= 0.3 is 0 Å². The molecule has 0 spiro atoms. The van der Waals surface area contributed by atoms with Gasteiger partial charge in [0.1, 0.15) is 0 Å². The number of allylic oxidation sites excluding steroid dienone is 2. The molecule has 0 saturated heterocycles. The number of fused-ring (bicyclic) bond motifs is 5. The number of rotatable bonds is 1. The monoisotopic (exact) mass is 332 g/mol. The van der Waals surface area contributed by atoms with Crippen molar-refractivity contribution in [1.29, 1.82) is 0 Å². The predicted octanol–water partition coefficient (Wildman–Crippen LogP) is 3.20. The Balaban J connectivity index is 1.76. The van der Waals surface area contributed by atoms with Crippen LogP contribution in [0.3, 0.4) is 0 Å².